The maximum absolute atomic E-state index is 11.0. The number of nitrogens with one attached hydrogen (secondary N) is 1. The number of nitrogens with zero attached hydrogens (tertiary/aromatic N) is 3. The van der Waals surface area contributed by atoms with Gasteiger partial charge in [0.2, 0.25) is 0 Å². The molecule has 1 aromatic carbocycles. The number of pyridine rings is 1. The Balaban J connectivity index is 2.31. The van der Waals surface area contributed by atoms with Gasteiger partial charge in [-0.2, -0.15) is 0 Å². The van der Waals surface area contributed by atoms with Crippen molar-refractivity contribution in [2.75, 3.05) is 5.32 Å². The highest BCUT2D eigenvalue weighted by molar-refractivity contribution is 5.65. The molecule has 0 saturated carbocycles. The van der Waals surface area contributed by atoms with Crippen LogP contribution in [0.5, 0.6) is 0 Å². The van der Waals surface area contributed by atoms with Crippen LogP contribution >= 0.6 is 0 Å². The van der Waals surface area contributed by atoms with Gasteiger partial charge in [-0.25, -0.2) is 0 Å². The standard InChI is InChI=1S/C13H12N4O4/c1-9(11-4-2-3-7-14-11)15-12-6-5-10(16(18)19)8-13(12)17(20)21/h2-9,15H,1H3. The number of hydrogen-bond acceptors (Lipinski definition) is 6. The molecule has 2 aromatic rings. The molecule has 108 valence electrons. The molecule has 0 aliphatic rings. The molecule has 1 heterocycles. The Kier molecular flexibility index (Phi) is 4.07. The molecule has 2 rings (SSSR count). The molecule has 0 aliphatic carbocycles. The number of benzene rings is 1. The Morgan fingerprint density at radius 3 is 2.48 bits per heavy atom. The average Bonchev–Trinajstić information content (AvgIpc) is 2.48. The van der Waals surface area contributed by atoms with Crippen molar-refractivity contribution in [3.8, 4) is 0 Å². The van der Waals surface area contributed by atoms with Gasteiger partial charge in [0.15, 0.2) is 0 Å². The van der Waals surface area contributed by atoms with Crippen LogP contribution in [0.15, 0.2) is 42.6 Å². The van der Waals surface area contributed by atoms with E-state index in [0.29, 0.717) is 5.69 Å². The van der Waals surface area contributed by atoms with Crippen LogP contribution in [0.1, 0.15) is 18.7 Å². The van der Waals surface area contributed by atoms with Gasteiger partial charge in [0.05, 0.1) is 27.6 Å². The first-order valence-electron chi connectivity index (χ1n) is 6.09. The maximum atomic E-state index is 11.0. The van der Waals surface area contributed by atoms with Gasteiger partial charge in [-0.05, 0) is 25.1 Å². The zero-order valence-corrected chi connectivity index (χ0v) is 11.1. The number of nitro groups is 2. The van der Waals surface area contributed by atoms with Gasteiger partial charge >= 0.3 is 0 Å². The molecule has 8 nitrogen and oxygen atoms in total. The Morgan fingerprint density at radius 2 is 1.90 bits per heavy atom. The minimum atomic E-state index is -0.668. The van der Waals surface area contributed by atoms with Gasteiger partial charge in [-0.1, -0.05) is 6.07 Å². The van der Waals surface area contributed by atoms with Crippen molar-refractivity contribution in [2.45, 2.75) is 13.0 Å². The third-order valence-electron chi connectivity index (χ3n) is 2.89. The molecule has 1 aromatic heterocycles. The summed E-state index contributed by atoms with van der Waals surface area (Å²) in [5.74, 6) is 0. The van der Waals surface area contributed by atoms with E-state index in [2.05, 4.69) is 10.3 Å². The van der Waals surface area contributed by atoms with Crippen LogP contribution in [0.2, 0.25) is 0 Å². The third kappa shape index (κ3) is 3.30. The normalized spacial score (nSPS) is 11.7. The summed E-state index contributed by atoms with van der Waals surface area (Å²) in [7, 11) is 0. The van der Waals surface area contributed by atoms with Gasteiger partial charge in [0.25, 0.3) is 11.4 Å². The van der Waals surface area contributed by atoms with Crippen molar-refractivity contribution in [1.82, 2.24) is 4.98 Å². The SMILES string of the molecule is CC(Nc1ccc([N+](=O)[O-])cc1[N+](=O)[O-])c1ccccn1. The van der Waals surface area contributed by atoms with E-state index >= 15 is 0 Å². The Hall–Kier alpha value is -3.03. The molecule has 0 radical (unpaired) electrons. The van der Waals surface area contributed by atoms with Crippen LogP contribution in [0.3, 0.4) is 0 Å². The first-order valence-corrected chi connectivity index (χ1v) is 6.09. The lowest BCUT2D eigenvalue weighted by Gasteiger charge is -2.14. The molecule has 0 amide bonds. The summed E-state index contributed by atoms with van der Waals surface area (Å²) in [5.41, 5.74) is 0.263. The van der Waals surface area contributed by atoms with Crippen molar-refractivity contribution < 1.29 is 9.85 Å². The number of anilines is 1. The zero-order chi connectivity index (χ0) is 15.4. The van der Waals surface area contributed by atoms with E-state index < -0.39 is 9.85 Å². The maximum Gasteiger partial charge on any atom is 0.299 e. The average molecular weight is 288 g/mol. The van der Waals surface area contributed by atoms with Crippen molar-refractivity contribution >= 4 is 17.1 Å². The molecule has 0 bridgehead atoms. The predicted octanol–water partition coefficient (Wildman–Crippen LogP) is 3.07. The molecule has 0 saturated heterocycles. The van der Waals surface area contributed by atoms with Crippen LogP contribution in [0, 0.1) is 20.2 Å². The highest BCUT2D eigenvalue weighted by Crippen LogP contribution is 2.31. The van der Waals surface area contributed by atoms with E-state index in [0.717, 1.165) is 6.07 Å². The second-order valence-electron chi connectivity index (χ2n) is 4.34. The summed E-state index contributed by atoms with van der Waals surface area (Å²) in [4.78, 5) is 24.6. The van der Waals surface area contributed by atoms with Crippen LogP contribution in [-0.2, 0) is 0 Å². The largest absolute Gasteiger partial charge is 0.371 e. The van der Waals surface area contributed by atoms with Crippen molar-refractivity contribution in [3.05, 3.63) is 68.5 Å². The molecule has 1 N–H and O–H groups in total. The summed E-state index contributed by atoms with van der Waals surface area (Å²) in [6.07, 6.45) is 1.62. The smallest absolute Gasteiger partial charge is 0.299 e. The fourth-order valence-corrected chi connectivity index (χ4v) is 1.85. The minimum Gasteiger partial charge on any atom is -0.371 e. The summed E-state index contributed by atoms with van der Waals surface area (Å²) < 4.78 is 0. The molecular formula is C13H12N4O4. The fourth-order valence-electron chi connectivity index (χ4n) is 1.85. The molecular weight excluding hydrogens is 276 g/mol. The van der Waals surface area contributed by atoms with Crippen LogP contribution < -0.4 is 5.32 Å². The highest BCUT2D eigenvalue weighted by atomic mass is 16.6. The predicted molar refractivity (Wildman–Crippen MR) is 76.0 cm³/mol. The van der Waals surface area contributed by atoms with E-state index in [-0.39, 0.29) is 23.1 Å². The Bertz CT molecular complexity index is 675. The Morgan fingerprint density at radius 1 is 1.14 bits per heavy atom. The zero-order valence-electron chi connectivity index (χ0n) is 11.1. The number of hydrogen-bond donors (Lipinski definition) is 1. The fraction of sp³-hybridized carbons (Fsp3) is 0.154. The second kappa shape index (κ2) is 5.95. The van der Waals surface area contributed by atoms with Crippen molar-refractivity contribution in [1.29, 1.82) is 0 Å². The molecule has 1 unspecified atom stereocenters. The van der Waals surface area contributed by atoms with E-state index in [9.17, 15) is 20.2 Å². The first-order chi connectivity index (χ1) is 9.99. The van der Waals surface area contributed by atoms with Crippen molar-refractivity contribution in [3.63, 3.8) is 0 Å². The number of non-ortho nitro benzene ring substituents is 1. The molecule has 21 heavy (non-hydrogen) atoms. The first kappa shape index (κ1) is 14.4. The highest BCUT2D eigenvalue weighted by Gasteiger charge is 2.20. The van der Waals surface area contributed by atoms with E-state index in [1.165, 1.54) is 12.1 Å². The number of aromatic nitrogens is 1. The lowest BCUT2D eigenvalue weighted by Crippen LogP contribution is -2.09. The van der Waals surface area contributed by atoms with Gasteiger partial charge in [0.1, 0.15) is 5.69 Å². The molecule has 0 aliphatic heterocycles. The summed E-state index contributed by atoms with van der Waals surface area (Å²) in [5, 5.41) is 24.7. The number of nitro benzene ring substituents is 2. The topological polar surface area (TPSA) is 111 Å². The van der Waals surface area contributed by atoms with Gasteiger partial charge in [-0.15, -0.1) is 0 Å². The van der Waals surface area contributed by atoms with Crippen LogP contribution in [0.4, 0.5) is 17.1 Å². The van der Waals surface area contributed by atoms with E-state index in [1.807, 2.05) is 6.07 Å². The van der Waals surface area contributed by atoms with Gasteiger partial charge in [-0.3, -0.25) is 25.2 Å². The summed E-state index contributed by atoms with van der Waals surface area (Å²) in [6, 6.07) is 8.58. The number of rotatable bonds is 5. The minimum absolute atomic E-state index is 0.212. The lowest BCUT2D eigenvalue weighted by atomic mass is 10.2. The molecule has 0 fully saturated rings. The second-order valence-corrected chi connectivity index (χ2v) is 4.34. The quantitative estimate of drug-likeness (QED) is 0.668. The van der Waals surface area contributed by atoms with Gasteiger partial charge in [0, 0.05) is 12.3 Å². The molecule has 8 heteroatoms. The summed E-state index contributed by atoms with van der Waals surface area (Å²) in [6.45, 7) is 1.80. The van der Waals surface area contributed by atoms with Crippen LogP contribution in [0.25, 0.3) is 0 Å². The van der Waals surface area contributed by atoms with E-state index in [4.69, 9.17) is 0 Å². The monoisotopic (exact) mass is 288 g/mol. The Labute approximate surface area is 119 Å². The van der Waals surface area contributed by atoms with Gasteiger partial charge < -0.3 is 5.32 Å². The summed E-state index contributed by atoms with van der Waals surface area (Å²) >= 11 is 0. The molecule has 1 atom stereocenters. The third-order valence-corrected chi connectivity index (χ3v) is 2.89. The lowest BCUT2D eigenvalue weighted by molar-refractivity contribution is -0.393. The van der Waals surface area contributed by atoms with E-state index in [1.54, 1.807) is 25.3 Å². The molecule has 0 spiro atoms. The van der Waals surface area contributed by atoms with Crippen molar-refractivity contribution in [2.24, 2.45) is 0 Å². The van der Waals surface area contributed by atoms with Crippen LogP contribution in [-0.4, -0.2) is 14.8 Å².